The van der Waals surface area contributed by atoms with Crippen LogP contribution in [0.15, 0.2) is 12.3 Å². The lowest BCUT2D eigenvalue weighted by Crippen LogP contribution is -2.28. The molecule has 0 aromatic carbocycles. The first-order chi connectivity index (χ1) is 9.22. The second-order valence-corrected chi connectivity index (χ2v) is 4.37. The van der Waals surface area contributed by atoms with Crippen LogP contribution in [0.3, 0.4) is 0 Å². The number of nitrogens with one attached hydrogen (secondary N) is 1. The molecule has 0 unspecified atom stereocenters. The number of ether oxygens (including phenoxy) is 2. The Morgan fingerprint density at radius 2 is 2.32 bits per heavy atom. The van der Waals surface area contributed by atoms with Crippen molar-refractivity contribution in [3.63, 3.8) is 0 Å². The van der Waals surface area contributed by atoms with E-state index in [0.717, 1.165) is 26.1 Å². The molecule has 1 aliphatic rings. The third kappa shape index (κ3) is 3.35. The van der Waals surface area contributed by atoms with Crippen molar-refractivity contribution < 1.29 is 14.3 Å². The van der Waals surface area contributed by atoms with Crippen molar-refractivity contribution >= 4 is 17.5 Å². The Bertz CT molecular complexity index is 445. The quantitative estimate of drug-likeness (QED) is 0.801. The zero-order chi connectivity index (χ0) is 13.7. The average molecular weight is 265 g/mol. The summed E-state index contributed by atoms with van der Waals surface area (Å²) >= 11 is 0. The molecule has 0 spiro atoms. The van der Waals surface area contributed by atoms with Crippen LogP contribution in [0.4, 0.5) is 11.5 Å². The van der Waals surface area contributed by atoms with Crippen molar-refractivity contribution in [3.8, 4) is 0 Å². The summed E-state index contributed by atoms with van der Waals surface area (Å²) in [7, 11) is 0. The summed E-state index contributed by atoms with van der Waals surface area (Å²) in [6.45, 7) is 3.55. The molecular formula is C13H19N3O3. The summed E-state index contributed by atoms with van der Waals surface area (Å²) < 4.78 is 10.3. The van der Waals surface area contributed by atoms with Crippen molar-refractivity contribution in [2.45, 2.75) is 25.8 Å². The van der Waals surface area contributed by atoms with Crippen molar-refractivity contribution in [1.29, 1.82) is 0 Å². The Morgan fingerprint density at radius 3 is 3.00 bits per heavy atom. The first-order valence-electron chi connectivity index (χ1n) is 6.48. The number of anilines is 2. The maximum Gasteiger partial charge on any atom is 0.340 e. The molecular weight excluding hydrogens is 246 g/mol. The van der Waals surface area contributed by atoms with Gasteiger partial charge in [0.15, 0.2) is 0 Å². The monoisotopic (exact) mass is 265 g/mol. The van der Waals surface area contributed by atoms with E-state index >= 15 is 0 Å². The fourth-order valence-electron chi connectivity index (χ4n) is 2.01. The largest absolute Gasteiger partial charge is 0.462 e. The fourth-order valence-corrected chi connectivity index (χ4v) is 2.01. The summed E-state index contributed by atoms with van der Waals surface area (Å²) in [6.07, 6.45) is 3.37. The van der Waals surface area contributed by atoms with Crippen LogP contribution in [-0.4, -0.2) is 36.8 Å². The molecule has 19 heavy (non-hydrogen) atoms. The van der Waals surface area contributed by atoms with Crippen LogP contribution in [0.2, 0.25) is 0 Å². The molecule has 2 rings (SSSR count). The van der Waals surface area contributed by atoms with Gasteiger partial charge in [-0.05, 0) is 25.8 Å². The smallest absolute Gasteiger partial charge is 0.340 e. The lowest BCUT2D eigenvalue weighted by Gasteiger charge is -2.24. The standard InChI is InChI=1S/C13H19N3O3/c1-2-19-13(17)10-3-6-15-12(11(10)14)16-9-4-7-18-8-5-9/h3,6,9H,2,4-5,7-8,14H2,1H3,(H,15,16). The molecule has 1 aliphatic heterocycles. The van der Waals surface area contributed by atoms with E-state index in [1.54, 1.807) is 19.2 Å². The van der Waals surface area contributed by atoms with Crippen LogP contribution in [0.1, 0.15) is 30.1 Å². The van der Waals surface area contributed by atoms with Gasteiger partial charge in [0.25, 0.3) is 0 Å². The summed E-state index contributed by atoms with van der Waals surface area (Å²) in [4.78, 5) is 15.9. The lowest BCUT2D eigenvalue weighted by molar-refractivity contribution is 0.0527. The summed E-state index contributed by atoms with van der Waals surface area (Å²) in [6, 6.07) is 1.85. The number of aromatic nitrogens is 1. The SMILES string of the molecule is CCOC(=O)c1ccnc(NC2CCOCC2)c1N. The van der Waals surface area contributed by atoms with E-state index in [1.807, 2.05) is 0 Å². The Kier molecular flexibility index (Phi) is 4.57. The van der Waals surface area contributed by atoms with Crippen molar-refractivity contribution in [1.82, 2.24) is 4.98 Å². The second kappa shape index (κ2) is 6.38. The molecule has 0 aliphatic carbocycles. The van der Waals surface area contributed by atoms with Gasteiger partial charge >= 0.3 is 5.97 Å². The minimum Gasteiger partial charge on any atom is -0.462 e. The first-order valence-corrected chi connectivity index (χ1v) is 6.48. The van der Waals surface area contributed by atoms with Crippen LogP contribution in [-0.2, 0) is 9.47 Å². The van der Waals surface area contributed by atoms with Crippen LogP contribution < -0.4 is 11.1 Å². The van der Waals surface area contributed by atoms with E-state index in [2.05, 4.69) is 10.3 Å². The van der Waals surface area contributed by atoms with E-state index in [9.17, 15) is 4.79 Å². The minimum atomic E-state index is -0.419. The van der Waals surface area contributed by atoms with Crippen LogP contribution in [0, 0.1) is 0 Å². The Labute approximate surface area is 112 Å². The van der Waals surface area contributed by atoms with Gasteiger partial charge in [-0.2, -0.15) is 0 Å². The molecule has 0 amide bonds. The van der Waals surface area contributed by atoms with E-state index in [-0.39, 0.29) is 6.04 Å². The van der Waals surface area contributed by atoms with Crippen LogP contribution in [0.25, 0.3) is 0 Å². The van der Waals surface area contributed by atoms with Gasteiger partial charge in [-0.15, -0.1) is 0 Å². The minimum absolute atomic E-state index is 0.279. The molecule has 0 atom stereocenters. The number of hydrogen-bond donors (Lipinski definition) is 2. The first kappa shape index (κ1) is 13.6. The molecule has 0 saturated carbocycles. The fraction of sp³-hybridized carbons (Fsp3) is 0.538. The van der Waals surface area contributed by atoms with Crippen molar-refractivity contribution in [2.24, 2.45) is 0 Å². The van der Waals surface area contributed by atoms with Crippen LogP contribution in [0.5, 0.6) is 0 Å². The maximum atomic E-state index is 11.7. The number of carbonyl (C=O) groups is 1. The molecule has 1 fully saturated rings. The summed E-state index contributed by atoms with van der Waals surface area (Å²) in [5.41, 5.74) is 6.67. The van der Waals surface area contributed by atoms with Gasteiger partial charge in [-0.25, -0.2) is 9.78 Å². The highest BCUT2D eigenvalue weighted by Crippen LogP contribution is 2.23. The summed E-state index contributed by atoms with van der Waals surface area (Å²) in [5, 5.41) is 3.26. The molecule has 6 heteroatoms. The molecule has 1 aromatic rings. The van der Waals surface area contributed by atoms with Gasteiger partial charge in [0.2, 0.25) is 0 Å². The normalized spacial score (nSPS) is 16.1. The van der Waals surface area contributed by atoms with Gasteiger partial charge in [0, 0.05) is 25.5 Å². The van der Waals surface area contributed by atoms with Crippen molar-refractivity contribution in [2.75, 3.05) is 30.9 Å². The highest BCUT2D eigenvalue weighted by atomic mass is 16.5. The van der Waals surface area contributed by atoms with E-state index < -0.39 is 5.97 Å². The van der Waals surface area contributed by atoms with Gasteiger partial charge in [-0.3, -0.25) is 0 Å². The number of nitrogens with zero attached hydrogens (tertiary/aromatic N) is 1. The number of pyridine rings is 1. The molecule has 6 nitrogen and oxygen atoms in total. The van der Waals surface area contributed by atoms with E-state index in [4.69, 9.17) is 15.2 Å². The Hall–Kier alpha value is -1.82. The molecule has 3 N–H and O–H groups in total. The van der Waals surface area contributed by atoms with Crippen LogP contribution >= 0.6 is 0 Å². The number of nitrogens with two attached hydrogens (primary N) is 1. The number of hydrogen-bond acceptors (Lipinski definition) is 6. The average Bonchev–Trinajstić information content (AvgIpc) is 2.42. The van der Waals surface area contributed by atoms with Crippen molar-refractivity contribution in [3.05, 3.63) is 17.8 Å². The maximum absolute atomic E-state index is 11.7. The third-order valence-electron chi connectivity index (χ3n) is 3.05. The topological polar surface area (TPSA) is 86.5 Å². The molecule has 1 saturated heterocycles. The zero-order valence-electron chi connectivity index (χ0n) is 11.0. The van der Waals surface area contributed by atoms with Gasteiger partial charge in [0.1, 0.15) is 5.82 Å². The number of carbonyl (C=O) groups excluding carboxylic acids is 1. The Morgan fingerprint density at radius 1 is 1.58 bits per heavy atom. The molecule has 2 heterocycles. The Balaban J connectivity index is 2.12. The highest BCUT2D eigenvalue weighted by Gasteiger charge is 2.18. The number of esters is 1. The third-order valence-corrected chi connectivity index (χ3v) is 3.05. The highest BCUT2D eigenvalue weighted by molar-refractivity contribution is 5.97. The predicted molar refractivity (Wildman–Crippen MR) is 72.1 cm³/mol. The van der Waals surface area contributed by atoms with Gasteiger partial charge < -0.3 is 20.5 Å². The van der Waals surface area contributed by atoms with Gasteiger partial charge in [0.05, 0.1) is 17.9 Å². The zero-order valence-corrected chi connectivity index (χ0v) is 11.0. The molecule has 0 bridgehead atoms. The molecule has 1 aromatic heterocycles. The molecule has 104 valence electrons. The predicted octanol–water partition coefficient (Wildman–Crippen LogP) is 1.43. The second-order valence-electron chi connectivity index (χ2n) is 4.37. The number of nitrogen functional groups attached to an aromatic ring is 1. The van der Waals surface area contributed by atoms with Gasteiger partial charge in [-0.1, -0.05) is 0 Å². The lowest BCUT2D eigenvalue weighted by atomic mass is 10.1. The van der Waals surface area contributed by atoms with E-state index in [0.29, 0.717) is 23.7 Å². The number of rotatable bonds is 4. The van der Waals surface area contributed by atoms with E-state index in [1.165, 1.54) is 0 Å². The summed E-state index contributed by atoms with van der Waals surface area (Å²) in [5.74, 6) is 0.120. The molecule has 0 radical (unpaired) electrons.